The lowest BCUT2D eigenvalue weighted by Gasteiger charge is -2.42. The molecule has 1 aliphatic rings. The van der Waals surface area contributed by atoms with Crippen LogP contribution in [-0.4, -0.2) is 5.11 Å². The van der Waals surface area contributed by atoms with Crippen LogP contribution >= 0.6 is 15.9 Å². The van der Waals surface area contributed by atoms with E-state index in [2.05, 4.69) is 36.7 Å². The molecule has 0 bridgehead atoms. The second-order valence-electron chi connectivity index (χ2n) is 6.87. The largest absolute Gasteiger partial charge is 0.385 e. The molecule has 0 aromatic heterocycles. The summed E-state index contributed by atoms with van der Waals surface area (Å²) in [5, 5.41) is 10.8. The smallest absolute Gasteiger partial charge is 0.146 e. The molecule has 1 aliphatic carbocycles. The number of hydrogen-bond acceptors (Lipinski definition) is 1. The molecule has 0 amide bonds. The van der Waals surface area contributed by atoms with Gasteiger partial charge in [-0.15, -0.1) is 0 Å². The molecule has 0 heterocycles. The standard InChI is InChI=1S/C17H23BrF2O/c1-4-16(2,3)11-7-9-17(21,10-8-11)14-13(19)6-5-12(18)15(14)20/h5-6,11,21H,4,7-10H2,1-3H3. The molecule has 1 aromatic carbocycles. The number of benzene rings is 1. The van der Waals surface area contributed by atoms with E-state index < -0.39 is 17.2 Å². The molecular formula is C17H23BrF2O. The maximum Gasteiger partial charge on any atom is 0.146 e. The second kappa shape index (κ2) is 5.96. The van der Waals surface area contributed by atoms with Crippen molar-refractivity contribution in [2.24, 2.45) is 11.3 Å². The van der Waals surface area contributed by atoms with Crippen LogP contribution in [0, 0.1) is 23.0 Å². The molecule has 2 rings (SSSR count). The topological polar surface area (TPSA) is 20.2 Å². The van der Waals surface area contributed by atoms with Crippen molar-refractivity contribution in [2.45, 2.75) is 58.5 Å². The Morgan fingerprint density at radius 2 is 1.86 bits per heavy atom. The highest BCUT2D eigenvalue weighted by molar-refractivity contribution is 9.10. The summed E-state index contributed by atoms with van der Waals surface area (Å²) in [4.78, 5) is 0. The van der Waals surface area contributed by atoms with E-state index in [4.69, 9.17) is 0 Å². The van der Waals surface area contributed by atoms with E-state index in [-0.39, 0.29) is 15.5 Å². The van der Waals surface area contributed by atoms with Crippen LogP contribution in [0.3, 0.4) is 0 Å². The van der Waals surface area contributed by atoms with Crippen LogP contribution in [0.25, 0.3) is 0 Å². The van der Waals surface area contributed by atoms with Gasteiger partial charge in [0.25, 0.3) is 0 Å². The Kier molecular flexibility index (Phi) is 4.79. The number of hydrogen-bond donors (Lipinski definition) is 1. The fourth-order valence-corrected chi connectivity index (χ4v) is 3.70. The third-order valence-electron chi connectivity index (χ3n) is 5.34. The van der Waals surface area contributed by atoms with E-state index in [9.17, 15) is 13.9 Å². The van der Waals surface area contributed by atoms with Gasteiger partial charge in [-0.1, -0.05) is 27.2 Å². The highest BCUT2D eigenvalue weighted by Gasteiger charge is 2.42. The minimum atomic E-state index is -1.39. The van der Waals surface area contributed by atoms with Crippen molar-refractivity contribution in [3.63, 3.8) is 0 Å². The minimum Gasteiger partial charge on any atom is -0.385 e. The van der Waals surface area contributed by atoms with Crippen LogP contribution in [0.5, 0.6) is 0 Å². The molecular weight excluding hydrogens is 338 g/mol. The predicted octanol–water partition coefficient (Wildman–Crippen LogP) is 5.54. The molecule has 0 radical (unpaired) electrons. The maximum atomic E-state index is 14.2. The van der Waals surface area contributed by atoms with Crippen molar-refractivity contribution in [3.05, 3.63) is 33.8 Å². The van der Waals surface area contributed by atoms with E-state index in [1.807, 2.05) is 0 Å². The van der Waals surface area contributed by atoms with Crippen molar-refractivity contribution in [3.8, 4) is 0 Å². The van der Waals surface area contributed by atoms with Crippen molar-refractivity contribution in [1.29, 1.82) is 0 Å². The Balaban J connectivity index is 2.26. The first-order valence-electron chi connectivity index (χ1n) is 7.57. The number of halogens is 3. The molecule has 0 unspecified atom stereocenters. The fourth-order valence-electron chi connectivity index (χ4n) is 3.37. The number of aliphatic hydroxyl groups is 1. The quantitative estimate of drug-likeness (QED) is 0.701. The number of rotatable bonds is 3. The van der Waals surface area contributed by atoms with Crippen molar-refractivity contribution < 1.29 is 13.9 Å². The Labute approximate surface area is 133 Å². The van der Waals surface area contributed by atoms with Gasteiger partial charge in [0.15, 0.2) is 0 Å². The van der Waals surface area contributed by atoms with Crippen molar-refractivity contribution in [2.75, 3.05) is 0 Å². The van der Waals surface area contributed by atoms with Crippen LogP contribution in [-0.2, 0) is 5.60 Å². The summed E-state index contributed by atoms with van der Waals surface area (Å²) < 4.78 is 28.5. The Hall–Kier alpha value is -0.480. The van der Waals surface area contributed by atoms with E-state index in [0.717, 1.165) is 19.3 Å². The summed E-state index contributed by atoms with van der Waals surface area (Å²) in [7, 11) is 0. The molecule has 0 aliphatic heterocycles. The highest BCUT2D eigenvalue weighted by Crippen LogP contribution is 2.48. The van der Waals surface area contributed by atoms with Gasteiger partial charge in [0, 0.05) is 0 Å². The Morgan fingerprint density at radius 1 is 1.29 bits per heavy atom. The van der Waals surface area contributed by atoms with Gasteiger partial charge in [-0.2, -0.15) is 0 Å². The molecule has 0 spiro atoms. The van der Waals surface area contributed by atoms with Crippen LogP contribution in [0.1, 0.15) is 58.4 Å². The van der Waals surface area contributed by atoms with E-state index in [1.54, 1.807) is 0 Å². The summed E-state index contributed by atoms with van der Waals surface area (Å²) in [6.45, 7) is 6.61. The van der Waals surface area contributed by atoms with Gasteiger partial charge in [0.1, 0.15) is 11.6 Å². The van der Waals surface area contributed by atoms with Crippen molar-refractivity contribution in [1.82, 2.24) is 0 Å². The molecule has 1 fully saturated rings. The average molecular weight is 361 g/mol. The fraction of sp³-hybridized carbons (Fsp3) is 0.647. The molecule has 1 nitrogen and oxygen atoms in total. The van der Waals surface area contributed by atoms with Crippen LogP contribution < -0.4 is 0 Å². The first-order valence-corrected chi connectivity index (χ1v) is 8.37. The van der Waals surface area contributed by atoms with E-state index in [0.29, 0.717) is 18.8 Å². The van der Waals surface area contributed by atoms with Gasteiger partial charge in [-0.25, -0.2) is 8.78 Å². The molecule has 1 saturated carbocycles. The first-order chi connectivity index (χ1) is 9.71. The molecule has 0 saturated heterocycles. The van der Waals surface area contributed by atoms with Crippen LogP contribution in [0.4, 0.5) is 8.78 Å². The zero-order valence-corrected chi connectivity index (χ0v) is 14.4. The Morgan fingerprint density at radius 3 is 2.38 bits per heavy atom. The molecule has 118 valence electrons. The van der Waals surface area contributed by atoms with Gasteiger partial charge in [-0.3, -0.25) is 0 Å². The summed E-state index contributed by atoms with van der Waals surface area (Å²) in [6.07, 6.45) is 3.47. The molecule has 4 heteroatoms. The summed E-state index contributed by atoms with van der Waals surface area (Å²) in [5.41, 5.74) is -1.36. The van der Waals surface area contributed by atoms with Gasteiger partial charge in [-0.05, 0) is 65.1 Å². The lowest BCUT2D eigenvalue weighted by atomic mass is 9.65. The van der Waals surface area contributed by atoms with Gasteiger partial charge in [0.2, 0.25) is 0 Å². The normalized spacial score (nSPS) is 26.9. The summed E-state index contributed by atoms with van der Waals surface area (Å²) >= 11 is 3.07. The monoisotopic (exact) mass is 360 g/mol. The third kappa shape index (κ3) is 3.16. The van der Waals surface area contributed by atoms with Gasteiger partial charge < -0.3 is 5.11 Å². The van der Waals surface area contributed by atoms with E-state index >= 15 is 0 Å². The van der Waals surface area contributed by atoms with Gasteiger partial charge >= 0.3 is 0 Å². The second-order valence-corrected chi connectivity index (χ2v) is 7.72. The zero-order chi connectivity index (χ0) is 15.8. The SMILES string of the molecule is CCC(C)(C)C1CCC(O)(c2c(F)ccc(Br)c2F)CC1. The van der Waals surface area contributed by atoms with E-state index in [1.165, 1.54) is 12.1 Å². The lowest BCUT2D eigenvalue weighted by molar-refractivity contribution is -0.0378. The highest BCUT2D eigenvalue weighted by atomic mass is 79.9. The molecule has 1 N–H and O–H groups in total. The lowest BCUT2D eigenvalue weighted by Crippen LogP contribution is -2.37. The zero-order valence-electron chi connectivity index (χ0n) is 12.8. The minimum absolute atomic E-state index is 0.176. The Bertz CT molecular complexity index is 520. The average Bonchev–Trinajstić information content (AvgIpc) is 2.43. The van der Waals surface area contributed by atoms with Gasteiger partial charge in [0.05, 0.1) is 15.6 Å². The maximum absolute atomic E-state index is 14.2. The molecule has 1 aromatic rings. The predicted molar refractivity (Wildman–Crippen MR) is 84.0 cm³/mol. The third-order valence-corrected chi connectivity index (χ3v) is 5.95. The molecule has 21 heavy (non-hydrogen) atoms. The first kappa shape index (κ1) is 16.9. The molecule has 0 atom stereocenters. The van der Waals surface area contributed by atoms with Crippen LogP contribution in [0.2, 0.25) is 0 Å². The summed E-state index contributed by atoms with van der Waals surface area (Å²) in [6, 6.07) is 2.55. The van der Waals surface area contributed by atoms with Crippen molar-refractivity contribution >= 4 is 15.9 Å². The summed E-state index contributed by atoms with van der Waals surface area (Å²) in [5.74, 6) is -0.849. The van der Waals surface area contributed by atoms with Crippen LogP contribution in [0.15, 0.2) is 16.6 Å².